The molecule has 0 amide bonds. The topological polar surface area (TPSA) is 9.23 Å². The van der Waals surface area contributed by atoms with Crippen LogP contribution in [0.3, 0.4) is 0 Å². The molecule has 0 saturated carbocycles. The number of benzene rings is 1. The molecule has 0 N–H and O–H groups in total. The Morgan fingerprint density at radius 3 is 1.77 bits per heavy atom. The first-order chi connectivity index (χ1) is 6.24. The predicted octanol–water partition coefficient (Wildman–Crippen LogP) is 3.84. The molecule has 0 fully saturated rings. The van der Waals surface area contributed by atoms with Gasteiger partial charge in [0.1, 0.15) is 5.75 Å². The summed E-state index contributed by atoms with van der Waals surface area (Å²) in [6, 6.07) is 8.19. The summed E-state index contributed by atoms with van der Waals surface area (Å²) in [4.78, 5) is 0. The minimum absolute atomic E-state index is 0.598. The lowest BCUT2D eigenvalue weighted by Gasteiger charge is -2.05. The molecule has 0 aliphatic carbocycles. The monoisotopic (exact) mass is 180 g/mol. The number of methoxy groups -OCH3 is 1. The lowest BCUT2D eigenvalue weighted by molar-refractivity contribution is 0.414. The Morgan fingerprint density at radius 1 is 1.00 bits per heavy atom. The van der Waals surface area contributed by atoms with Crippen molar-refractivity contribution in [2.45, 2.75) is 33.6 Å². The quantitative estimate of drug-likeness (QED) is 0.671. The van der Waals surface area contributed by atoms with Gasteiger partial charge in [0.05, 0.1) is 7.11 Å². The van der Waals surface area contributed by atoms with E-state index >= 15 is 0 Å². The van der Waals surface area contributed by atoms with Crippen molar-refractivity contribution in [3.8, 4) is 5.75 Å². The summed E-state index contributed by atoms with van der Waals surface area (Å²) in [5.41, 5.74) is 1.35. The standard InChI is InChI=1S/C10H14O.C2H6/c1-8(2)9-4-6-10(11-3)7-5-9;1-2/h4-8H,1-3H3;1-2H3. The van der Waals surface area contributed by atoms with Gasteiger partial charge in [-0.2, -0.15) is 0 Å². The first-order valence-corrected chi connectivity index (χ1v) is 4.88. The Morgan fingerprint density at radius 2 is 1.46 bits per heavy atom. The van der Waals surface area contributed by atoms with Gasteiger partial charge in [0.2, 0.25) is 0 Å². The molecule has 0 unspecified atom stereocenters. The van der Waals surface area contributed by atoms with Crippen LogP contribution in [-0.2, 0) is 0 Å². The second-order valence-corrected chi connectivity index (χ2v) is 2.93. The van der Waals surface area contributed by atoms with Gasteiger partial charge in [-0.3, -0.25) is 0 Å². The van der Waals surface area contributed by atoms with Crippen molar-refractivity contribution in [3.05, 3.63) is 29.8 Å². The summed E-state index contributed by atoms with van der Waals surface area (Å²) in [6.07, 6.45) is 0. The summed E-state index contributed by atoms with van der Waals surface area (Å²) in [5, 5.41) is 0. The van der Waals surface area contributed by atoms with Gasteiger partial charge in [-0.1, -0.05) is 39.8 Å². The zero-order valence-electron chi connectivity index (χ0n) is 9.29. The normalized spacial score (nSPS) is 9.08. The summed E-state index contributed by atoms with van der Waals surface area (Å²) in [5.74, 6) is 1.52. The third-order valence-corrected chi connectivity index (χ3v) is 1.78. The highest BCUT2D eigenvalue weighted by Gasteiger charge is 1.97. The second kappa shape index (κ2) is 6.53. The fourth-order valence-electron chi connectivity index (χ4n) is 0.989. The Kier molecular flexibility index (Phi) is 6.03. The van der Waals surface area contributed by atoms with Gasteiger partial charge in [0.15, 0.2) is 0 Å². The van der Waals surface area contributed by atoms with Crippen LogP contribution < -0.4 is 4.74 Å². The highest BCUT2D eigenvalue weighted by Crippen LogP contribution is 2.17. The van der Waals surface area contributed by atoms with E-state index in [0.717, 1.165) is 5.75 Å². The van der Waals surface area contributed by atoms with Crippen LogP contribution in [0.4, 0.5) is 0 Å². The summed E-state index contributed by atoms with van der Waals surface area (Å²) in [7, 11) is 1.68. The first-order valence-electron chi connectivity index (χ1n) is 4.88. The third-order valence-electron chi connectivity index (χ3n) is 1.78. The van der Waals surface area contributed by atoms with Crippen LogP contribution in [0.15, 0.2) is 24.3 Å². The van der Waals surface area contributed by atoms with E-state index in [9.17, 15) is 0 Å². The maximum Gasteiger partial charge on any atom is 0.118 e. The van der Waals surface area contributed by atoms with Crippen LogP contribution >= 0.6 is 0 Å². The van der Waals surface area contributed by atoms with E-state index in [0.29, 0.717) is 5.92 Å². The zero-order valence-corrected chi connectivity index (χ0v) is 9.29. The molecule has 1 nitrogen and oxygen atoms in total. The van der Waals surface area contributed by atoms with Gasteiger partial charge >= 0.3 is 0 Å². The smallest absolute Gasteiger partial charge is 0.118 e. The van der Waals surface area contributed by atoms with E-state index in [1.54, 1.807) is 7.11 Å². The summed E-state index contributed by atoms with van der Waals surface area (Å²) < 4.78 is 5.05. The van der Waals surface area contributed by atoms with E-state index in [4.69, 9.17) is 4.74 Å². The van der Waals surface area contributed by atoms with Gasteiger partial charge in [0, 0.05) is 0 Å². The van der Waals surface area contributed by atoms with E-state index in [1.807, 2.05) is 26.0 Å². The van der Waals surface area contributed by atoms with Gasteiger partial charge in [-0.15, -0.1) is 0 Å². The summed E-state index contributed by atoms with van der Waals surface area (Å²) >= 11 is 0. The fraction of sp³-hybridized carbons (Fsp3) is 0.500. The maximum absolute atomic E-state index is 5.05. The molecule has 1 aromatic rings. The largest absolute Gasteiger partial charge is 0.497 e. The average molecular weight is 180 g/mol. The van der Waals surface area contributed by atoms with Crippen molar-refractivity contribution in [2.75, 3.05) is 7.11 Å². The molecule has 0 aliphatic rings. The van der Waals surface area contributed by atoms with Gasteiger partial charge in [0.25, 0.3) is 0 Å². The van der Waals surface area contributed by atoms with E-state index in [2.05, 4.69) is 26.0 Å². The predicted molar refractivity (Wildman–Crippen MR) is 58.4 cm³/mol. The molecule has 0 bridgehead atoms. The molecule has 1 heteroatoms. The Balaban J connectivity index is 0.000000671. The molecule has 0 saturated heterocycles. The van der Waals surface area contributed by atoms with Gasteiger partial charge < -0.3 is 4.74 Å². The molecule has 1 rings (SSSR count). The lowest BCUT2D eigenvalue weighted by atomic mass is 10.0. The average Bonchev–Trinajstić information content (AvgIpc) is 2.21. The highest BCUT2D eigenvalue weighted by atomic mass is 16.5. The van der Waals surface area contributed by atoms with Crippen molar-refractivity contribution < 1.29 is 4.74 Å². The zero-order chi connectivity index (χ0) is 10.3. The fourth-order valence-corrected chi connectivity index (χ4v) is 0.989. The second-order valence-electron chi connectivity index (χ2n) is 2.93. The van der Waals surface area contributed by atoms with E-state index in [1.165, 1.54) is 5.56 Å². The van der Waals surface area contributed by atoms with Crippen LogP contribution in [-0.4, -0.2) is 7.11 Å². The molecular formula is C12H20O. The Labute approximate surface area is 81.7 Å². The van der Waals surface area contributed by atoms with Gasteiger partial charge in [-0.05, 0) is 23.6 Å². The first kappa shape index (κ1) is 12.0. The van der Waals surface area contributed by atoms with Crippen molar-refractivity contribution in [1.29, 1.82) is 0 Å². The SMILES string of the molecule is CC.COc1ccc(C(C)C)cc1. The molecular weight excluding hydrogens is 160 g/mol. The van der Waals surface area contributed by atoms with Crippen LogP contribution in [0.25, 0.3) is 0 Å². The number of ether oxygens (including phenoxy) is 1. The van der Waals surface area contributed by atoms with Crippen molar-refractivity contribution >= 4 is 0 Å². The summed E-state index contributed by atoms with van der Waals surface area (Å²) in [6.45, 7) is 8.36. The highest BCUT2D eigenvalue weighted by molar-refractivity contribution is 5.28. The van der Waals surface area contributed by atoms with Crippen molar-refractivity contribution in [1.82, 2.24) is 0 Å². The molecule has 0 radical (unpaired) electrons. The maximum atomic E-state index is 5.05. The molecule has 0 atom stereocenters. The molecule has 0 aromatic heterocycles. The Hall–Kier alpha value is -0.980. The van der Waals surface area contributed by atoms with Crippen LogP contribution in [0.5, 0.6) is 5.75 Å². The minimum atomic E-state index is 0.598. The van der Waals surface area contributed by atoms with E-state index < -0.39 is 0 Å². The number of rotatable bonds is 2. The van der Waals surface area contributed by atoms with Crippen molar-refractivity contribution in [3.63, 3.8) is 0 Å². The van der Waals surface area contributed by atoms with Gasteiger partial charge in [-0.25, -0.2) is 0 Å². The molecule has 0 heterocycles. The van der Waals surface area contributed by atoms with Crippen LogP contribution in [0.1, 0.15) is 39.2 Å². The van der Waals surface area contributed by atoms with Crippen LogP contribution in [0, 0.1) is 0 Å². The molecule has 74 valence electrons. The molecule has 0 aliphatic heterocycles. The van der Waals surface area contributed by atoms with Crippen LogP contribution in [0.2, 0.25) is 0 Å². The molecule has 1 aromatic carbocycles. The third kappa shape index (κ3) is 3.97. The molecule has 13 heavy (non-hydrogen) atoms. The molecule has 0 spiro atoms. The van der Waals surface area contributed by atoms with E-state index in [-0.39, 0.29) is 0 Å². The lowest BCUT2D eigenvalue weighted by Crippen LogP contribution is -1.87. The van der Waals surface area contributed by atoms with Crippen molar-refractivity contribution in [2.24, 2.45) is 0 Å². The number of hydrogen-bond donors (Lipinski definition) is 0. The number of hydrogen-bond acceptors (Lipinski definition) is 1. The minimum Gasteiger partial charge on any atom is -0.497 e. The Bertz CT molecular complexity index is 211.